The number of esters is 2. The minimum atomic E-state index is -0.682. The predicted octanol–water partition coefficient (Wildman–Crippen LogP) is 3.55. The van der Waals surface area contributed by atoms with Crippen LogP contribution in [-0.2, 0) is 20.7 Å². The Labute approximate surface area is 176 Å². The molecular formula is C23H28N2O5. The summed E-state index contributed by atoms with van der Waals surface area (Å²) < 4.78 is 10.4. The number of aromatic amines is 1. The Bertz CT molecular complexity index is 960. The largest absolute Gasteiger partial charge is 0.459 e. The molecule has 0 spiro atoms. The van der Waals surface area contributed by atoms with Crippen molar-refractivity contribution in [2.45, 2.75) is 59.1 Å². The van der Waals surface area contributed by atoms with Gasteiger partial charge >= 0.3 is 11.9 Å². The van der Waals surface area contributed by atoms with Crippen LogP contribution in [0.2, 0.25) is 0 Å². The van der Waals surface area contributed by atoms with Crippen LogP contribution in [0.3, 0.4) is 0 Å². The van der Waals surface area contributed by atoms with E-state index in [1.807, 2.05) is 18.2 Å². The third-order valence-corrected chi connectivity index (χ3v) is 5.23. The van der Waals surface area contributed by atoms with E-state index in [0.717, 1.165) is 24.8 Å². The summed E-state index contributed by atoms with van der Waals surface area (Å²) in [7, 11) is 0. The fourth-order valence-corrected chi connectivity index (χ4v) is 3.88. The molecule has 1 atom stereocenters. The maximum absolute atomic E-state index is 12.5. The van der Waals surface area contributed by atoms with Gasteiger partial charge in [0.1, 0.15) is 5.69 Å². The molecule has 1 amide bonds. The fourth-order valence-electron chi connectivity index (χ4n) is 3.88. The lowest BCUT2D eigenvalue weighted by molar-refractivity contribution is -0.125. The molecule has 3 rings (SSSR count). The molecule has 30 heavy (non-hydrogen) atoms. The van der Waals surface area contributed by atoms with Crippen LogP contribution in [0, 0.1) is 13.8 Å². The van der Waals surface area contributed by atoms with Gasteiger partial charge in [0.25, 0.3) is 5.91 Å². The highest BCUT2D eigenvalue weighted by molar-refractivity contribution is 5.99. The second kappa shape index (κ2) is 9.15. The van der Waals surface area contributed by atoms with E-state index in [9.17, 15) is 14.4 Å². The average molecular weight is 412 g/mol. The highest BCUT2D eigenvalue weighted by Crippen LogP contribution is 2.29. The molecule has 2 N–H and O–H groups in total. The van der Waals surface area contributed by atoms with Gasteiger partial charge in [-0.25, -0.2) is 9.59 Å². The van der Waals surface area contributed by atoms with Gasteiger partial charge in [-0.3, -0.25) is 4.79 Å². The van der Waals surface area contributed by atoms with Crippen molar-refractivity contribution in [2.24, 2.45) is 0 Å². The highest BCUT2D eigenvalue weighted by Gasteiger charge is 2.26. The Kier molecular flexibility index (Phi) is 6.59. The maximum Gasteiger partial charge on any atom is 0.355 e. The number of ether oxygens (including phenoxy) is 2. The van der Waals surface area contributed by atoms with Crippen molar-refractivity contribution in [3.8, 4) is 0 Å². The quantitative estimate of drug-likeness (QED) is 0.707. The standard InChI is InChI=1S/C23H28N2O5/c1-13(2)30-22(27)20-14(3)21(24-15(20)4)23(28)29-12-19(26)25-18-11-7-9-16-8-5-6-10-17(16)18/h5-6,8,10,13,18,24H,7,9,11-12H2,1-4H3,(H,25,26)/t18-/m1/s1. The van der Waals surface area contributed by atoms with E-state index in [1.165, 1.54) is 5.56 Å². The molecule has 160 valence electrons. The van der Waals surface area contributed by atoms with Crippen LogP contribution in [0.15, 0.2) is 24.3 Å². The molecule has 0 aliphatic heterocycles. The van der Waals surface area contributed by atoms with Crippen molar-refractivity contribution in [1.82, 2.24) is 10.3 Å². The number of amides is 1. The summed E-state index contributed by atoms with van der Waals surface area (Å²) in [6, 6.07) is 7.98. The van der Waals surface area contributed by atoms with Gasteiger partial charge in [0.15, 0.2) is 6.61 Å². The Balaban J connectivity index is 1.61. The maximum atomic E-state index is 12.5. The van der Waals surface area contributed by atoms with Gasteiger partial charge in [-0.15, -0.1) is 0 Å². The lowest BCUT2D eigenvalue weighted by Gasteiger charge is -2.26. The zero-order valence-corrected chi connectivity index (χ0v) is 17.8. The second-order valence-electron chi connectivity index (χ2n) is 7.87. The summed E-state index contributed by atoms with van der Waals surface area (Å²) in [4.78, 5) is 40.0. The monoisotopic (exact) mass is 412 g/mol. The number of hydrogen-bond acceptors (Lipinski definition) is 5. The molecule has 7 nitrogen and oxygen atoms in total. The van der Waals surface area contributed by atoms with Crippen LogP contribution >= 0.6 is 0 Å². The smallest absolute Gasteiger partial charge is 0.355 e. The van der Waals surface area contributed by atoms with Gasteiger partial charge in [-0.1, -0.05) is 24.3 Å². The van der Waals surface area contributed by atoms with Gasteiger partial charge in [0.05, 0.1) is 17.7 Å². The molecule has 1 aromatic carbocycles. The van der Waals surface area contributed by atoms with Crippen molar-refractivity contribution in [3.05, 3.63) is 57.9 Å². The molecule has 1 aliphatic rings. The van der Waals surface area contributed by atoms with Crippen LogP contribution < -0.4 is 5.32 Å². The number of nitrogens with one attached hydrogen (secondary N) is 2. The topological polar surface area (TPSA) is 97.5 Å². The Morgan fingerprint density at radius 3 is 2.63 bits per heavy atom. The van der Waals surface area contributed by atoms with Gasteiger partial charge in [0, 0.05) is 5.69 Å². The number of benzene rings is 1. The van der Waals surface area contributed by atoms with E-state index >= 15 is 0 Å². The van der Waals surface area contributed by atoms with Crippen LogP contribution in [-0.4, -0.2) is 35.5 Å². The van der Waals surface area contributed by atoms with Crippen LogP contribution in [0.1, 0.15) is 76.0 Å². The first-order valence-electron chi connectivity index (χ1n) is 10.2. The molecule has 0 fully saturated rings. The number of carbonyl (C=O) groups is 3. The lowest BCUT2D eigenvalue weighted by atomic mass is 9.88. The molecule has 0 unspecified atom stereocenters. The van der Waals surface area contributed by atoms with E-state index in [4.69, 9.17) is 9.47 Å². The summed E-state index contributed by atoms with van der Waals surface area (Å²) >= 11 is 0. The Morgan fingerprint density at radius 2 is 1.90 bits per heavy atom. The third-order valence-electron chi connectivity index (χ3n) is 5.23. The fraction of sp³-hybridized carbons (Fsp3) is 0.435. The molecule has 0 saturated carbocycles. The molecule has 0 saturated heterocycles. The van der Waals surface area contributed by atoms with Gasteiger partial charge < -0.3 is 19.8 Å². The number of H-pyrrole nitrogens is 1. The van der Waals surface area contributed by atoms with E-state index in [0.29, 0.717) is 16.8 Å². The van der Waals surface area contributed by atoms with Crippen molar-refractivity contribution in [1.29, 1.82) is 0 Å². The number of carbonyl (C=O) groups excluding carboxylic acids is 3. The predicted molar refractivity (Wildman–Crippen MR) is 111 cm³/mol. The van der Waals surface area contributed by atoms with Gasteiger partial charge in [0.2, 0.25) is 0 Å². The first-order chi connectivity index (χ1) is 14.3. The SMILES string of the molecule is Cc1[nH]c(C(=O)OCC(=O)N[C@@H]2CCCc3ccccc32)c(C)c1C(=O)OC(C)C. The van der Waals surface area contributed by atoms with Crippen molar-refractivity contribution in [3.63, 3.8) is 0 Å². The molecule has 7 heteroatoms. The highest BCUT2D eigenvalue weighted by atomic mass is 16.5. The van der Waals surface area contributed by atoms with Crippen LogP contribution in [0.4, 0.5) is 0 Å². The number of fused-ring (bicyclic) bond motifs is 1. The van der Waals surface area contributed by atoms with Crippen molar-refractivity contribution < 1.29 is 23.9 Å². The number of hydrogen-bond donors (Lipinski definition) is 2. The molecule has 1 aromatic heterocycles. The molecule has 2 aromatic rings. The number of rotatable bonds is 6. The first-order valence-corrected chi connectivity index (χ1v) is 10.2. The van der Waals surface area contributed by atoms with Crippen molar-refractivity contribution in [2.75, 3.05) is 6.61 Å². The minimum absolute atomic E-state index is 0.0759. The van der Waals surface area contributed by atoms with Gasteiger partial charge in [-0.05, 0) is 63.6 Å². The van der Waals surface area contributed by atoms with E-state index < -0.39 is 11.9 Å². The summed E-state index contributed by atoms with van der Waals surface area (Å²) in [5.41, 5.74) is 3.80. The van der Waals surface area contributed by atoms with Crippen LogP contribution in [0.5, 0.6) is 0 Å². The summed E-state index contributed by atoms with van der Waals surface area (Å²) in [6.45, 7) is 6.46. The second-order valence-corrected chi connectivity index (χ2v) is 7.87. The van der Waals surface area contributed by atoms with E-state index in [2.05, 4.69) is 16.4 Å². The van der Waals surface area contributed by atoms with Gasteiger partial charge in [-0.2, -0.15) is 0 Å². The molecule has 0 bridgehead atoms. The average Bonchev–Trinajstić information content (AvgIpc) is 3.00. The van der Waals surface area contributed by atoms with Crippen LogP contribution in [0.25, 0.3) is 0 Å². The zero-order chi connectivity index (χ0) is 21.8. The summed E-state index contributed by atoms with van der Waals surface area (Å²) in [5, 5.41) is 2.95. The normalized spacial score (nSPS) is 15.4. The van der Waals surface area contributed by atoms with Crippen molar-refractivity contribution >= 4 is 17.8 Å². The summed E-state index contributed by atoms with van der Waals surface area (Å²) in [6.07, 6.45) is 2.59. The number of aromatic nitrogens is 1. The number of aryl methyl sites for hydroxylation is 2. The molecular weight excluding hydrogens is 384 g/mol. The zero-order valence-electron chi connectivity index (χ0n) is 17.8. The lowest BCUT2D eigenvalue weighted by Crippen LogP contribution is -2.34. The minimum Gasteiger partial charge on any atom is -0.459 e. The molecule has 0 radical (unpaired) electrons. The third kappa shape index (κ3) is 4.72. The molecule has 1 aliphatic carbocycles. The molecule has 1 heterocycles. The Morgan fingerprint density at radius 1 is 1.17 bits per heavy atom. The van der Waals surface area contributed by atoms with E-state index in [1.54, 1.807) is 27.7 Å². The summed E-state index contributed by atoms with van der Waals surface area (Å²) in [5.74, 6) is -1.53. The van der Waals surface area contributed by atoms with E-state index in [-0.39, 0.29) is 30.4 Å². The first kappa shape index (κ1) is 21.6. The Hall–Kier alpha value is -3.09.